The van der Waals surface area contributed by atoms with Crippen molar-refractivity contribution in [2.45, 2.75) is 33.1 Å². The molecule has 0 bridgehead atoms. The molecule has 22 heavy (non-hydrogen) atoms. The summed E-state index contributed by atoms with van der Waals surface area (Å²) < 4.78 is 11.1. The first-order valence-corrected chi connectivity index (χ1v) is 7.47. The van der Waals surface area contributed by atoms with Crippen LogP contribution in [0.1, 0.15) is 43.6 Å². The minimum Gasteiger partial charge on any atom is -0.490 e. The molecule has 2 aromatic carbocycles. The summed E-state index contributed by atoms with van der Waals surface area (Å²) in [6, 6.07) is 14.7. The van der Waals surface area contributed by atoms with Gasteiger partial charge in [0.05, 0.1) is 12.2 Å². The molecule has 0 unspecified atom stereocenters. The first kappa shape index (κ1) is 16.1. The van der Waals surface area contributed by atoms with E-state index in [4.69, 9.17) is 9.47 Å². The van der Waals surface area contributed by atoms with Crippen molar-refractivity contribution >= 4 is 5.97 Å². The van der Waals surface area contributed by atoms with Gasteiger partial charge in [-0.1, -0.05) is 51.1 Å². The van der Waals surface area contributed by atoms with Crippen molar-refractivity contribution in [3.8, 4) is 11.5 Å². The standard InChI is InChI=1S/C19H22O3/c1-5-21-16-12-8-9-13-17(16)22-18(20)14-10-6-7-11-15(14)19(2,3)4/h6-13H,5H2,1-4H3. The Morgan fingerprint density at radius 3 is 2.18 bits per heavy atom. The highest BCUT2D eigenvalue weighted by Gasteiger charge is 2.23. The van der Waals surface area contributed by atoms with Crippen molar-refractivity contribution < 1.29 is 14.3 Å². The third kappa shape index (κ3) is 3.67. The number of ether oxygens (including phenoxy) is 2. The lowest BCUT2D eigenvalue weighted by Gasteiger charge is -2.22. The lowest BCUT2D eigenvalue weighted by atomic mass is 9.84. The average molecular weight is 298 g/mol. The molecule has 0 radical (unpaired) electrons. The number of benzene rings is 2. The fourth-order valence-corrected chi connectivity index (χ4v) is 2.28. The molecular weight excluding hydrogens is 276 g/mol. The molecule has 0 aliphatic rings. The molecule has 0 fully saturated rings. The normalized spacial score (nSPS) is 11.1. The van der Waals surface area contributed by atoms with Gasteiger partial charge in [0.25, 0.3) is 0 Å². The van der Waals surface area contributed by atoms with E-state index in [2.05, 4.69) is 20.8 Å². The Morgan fingerprint density at radius 1 is 0.955 bits per heavy atom. The van der Waals surface area contributed by atoms with E-state index in [-0.39, 0.29) is 11.4 Å². The largest absolute Gasteiger partial charge is 0.490 e. The summed E-state index contributed by atoms with van der Waals surface area (Å²) in [5.41, 5.74) is 1.42. The number of carbonyl (C=O) groups excluding carboxylic acids is 1. The van der Waals surface area contributed by atoms with Crippen molar-refractivity contribution in [2.24, 2.45) is 0 Å². The van der Waals surface area contributed by atoms with Crippen LogP contribution in [0, 0.1) is 0 Å². The van der Waals surface area contributed by atoms with Crippen LogP contribution in [0.15, 0.2) is 48.5 Å². The van der Waals surface area contributed by atoms with Gasteiger partial charge in [-0.25, -0.2) is 4.79 Å². The number of para-hydroxylation sites is 2. The van der Waals surface area contributed by atoms with Gasteiger partial charge in [0.15, 0.2) is 11.5 Å². The number of carbonyl (C=O) groups is 1. The number of hydrogen-bond donors (Lipinski definition) is 0. The summed E-state index contributed by atoms with van der Waals surface area (Å²) in [5.74, 6) is 0.655. The molecule has 0 aromatic heterocycles. The predicted octanol–water partition coefficient (Wildman–Crippen LogP) is 4.60. The Labute approximate surface area is 131 Å². The number of esters is 1. The van der Waals surface area contributed by atoms with Crippen LogP contribution in [0.5, 0.6) is 11.5 Å². The molecule has 0 atom stereocenters. The smallest absolute Gasteiger partial charge is 0.343 e. The van der Waals surface area contributed by atoms with Crippen molar-refractivity contribution in [3.63, 3.8) is 0 Å². The van der Waals surface area contributed by atoms with Gasteiger partial charge in [0.1, 0.15) is 0 Å². The van der Waals surface area contributed by atoms with Crippen molar-refractivity contribution in [1.29, 1.82) is 0 Å². The Kier molecular flexibility index (Phi) is 4.86. The topological polar surface area (TPSA) is 35.5 Å². The molecule has 0 aliphatic heterocycles. The zero-order chi connectivity index (χ0) is 16.2. The maximum atomic E-state index is 12.6. The molecule has 0 N–H and O–H groups in total. The van der Waals surface area contributed by atoms with Crippen LogP contribution in [0.25, 0.3) is 0 Å². The van der Waals surface area contributed by atoms with Gasteiger partial charge in [-0.2, -0.15) is 0 Å². The Morgan fingerprint density at radius 2 is 1.55 bits per heavy atom. The highest BCUT2D eigenvalue weighted by atomic mass is 16.6. The molecule has 116 valence electrons. The first-order chi connectivity index (χ1) is 10.4. The maximum Gasteiger partial charge on any atom is 0.343 e. The van der Waals surface area contributed by atoms with Crippen molar-refractivity contribution in [1.82, 2.24) is 0 Å². The van der Waals surface area contributed by atoms with Gasteiger partial charge < -0.3 is 9.47 Å². The molecule has 0 heterocycles. The van der Waals surface area contributed by atoms with E-state index in [9.17, 15) is 4.79 Å². The van der Waals surface area contributed by atoms with Crippen LogP contribution < -0.4 is 9.47 Å². The van der Waals surface area contributed by atoms with Gasteiger partial charge in [0.2, 0.25) is 0 Å². The molecule has 0 spiro atoms. The fourth-order valence-electron chi connectivity index (χ4n) is 2.28. The summed E-state index contributed by atoms with van der Waals surface area (Å²) in [6.45, 7) is 8.65. The third-order valence-electron chi connectivity index (χ3n) is 3.31. The minimum atomic E-state index is -0.363. The summed E-state index contributed by atoms with van der Waals surface area (Å²) >= 11 is 0. The molecule has 2 rings (SSSR count). The Bertz CT molecular complexity index is 654. The summed E-state index contributed by atoms with van der Waals surface area (Å²) in [6.07, 6.45) is 0. The molecule has 0 amide bonds. The van der Waals surface area contributed by atoms with E-state index < -0.39 is 0 Å². The molecule has 0 saturated carbocycles. The second kappa shape index (κ2) is 6.65. The van der Waals surface area contributed by atoms with E-state index in [1.807, 2.05) is 37.3 Å². The number of rotatable bonds is 4. The zero-order valence-corrected chi connectivity index (χ0v) is 13.6. The van der Waals surface area contributed by atoms with Gasteiger partial charge in [0, 0.05) is 0 Å². The first-order valence-electron chi connectivity index (χ1n) is 7.47. The highest BCUT2D eigenvalue weighted by molar-refractivity contribution is 5.93. The SMILES string of the molecule is CCOc1ccccc1OC(=O)c1ccccc1C(C)(C)C. The number of hydrogen-bond acceptors (Lipinski definition) is 3. The summed E-state index contributed by atoms with van der Waals surface area (Å²) in [5, 5.41) is 0. The van der Waals surface area contributed by atoms with Crippen LogP contribution in [0.2, 0.25) is 0 Å². The van der Waals surface area contributed by atoms with Crippen molar-refractivity contribution in [2.75, 3.05) is 6.61 Å². The molecule has 0 saturated heterocycles. The van der Waals surface area contributed by atoms with Gasteiger partial charge in [-0.05, 0) is 36.1 Å². The second-order valence-corrected chi connectivity index (χ2v) is 6.06. The van der Waals surface area contributed by atoms with E-state index in [1.54, 1.807) is 18.2 Å². The molecule has 3 nitrogen and oxygen atoms in total. The van der Waals surface area contributed by atoms with Crippen LogP contribution in [0.3, 0.4) is 0 Å². The lowest BCUT2D eigenvalue weighted by molar-refractivity contribution is 0.0726. The van der Waals surface area contributed by atoms with Crippen LogP contribution in [0.4, 0.5) is 0 Å². The van der Waals surface area contributed by atoms with E-state index in [0.717, 1.165) is 5.56 Å². The molecule has 0 aliphatic carbocycles. The van der Waals surface area contributed by atoms with Gasteiger partial charge >= 0.3 is 5.97 Å². The van der Waals surface area contributed by atoms with E-state index in [0.29, 0.717) is 23.7 Å². The van der Waals surface area contributed by atoms with E-state index >= 15 is 0 Å². The molecular formula is C19H22O3. The van der Waals surface area contributed by atoms with Gasteiger partial charge in [-0.3, -0.25) is 0 Å². The highest BCUT2D eigenvalue weighted by Crippen LogP contribution is 2.30. The Hall–Kier alpha value is -2.29. The predicted molar refractivity (Wildman–Crippen MR) is 87.7 cm³/mol. The van der Waals surface area contributed by atoms with Gasteiger partial charge in [-0.15, -0.1) is 0 Å². The monoisotopic (exact) mass is 298 g/mol. The Balaban J connectivity index is 2.31. The summed E-state index contributed by atoms with van der Waals surface area (Å²) in [7, 11) is 0. The molecule has 3 heteroatoms. The lowest BCUT2D eigenvalue weighted by Crippen LogP contribution is -2.19. The van der Waals surface area contributed by atoms with Crippen LogP contribution >= 0.6 is 0 Å². The van der Waals surface area contributed by atoms with E-state index in [1.165, 1.54) is 0 Å². The second-order valence-electron chi connectivity index (χ2n) is 6.06. The van der Waals surface area contributed by atoms with Crippen molar-refractivity contribution in [3.05, 3.63) is 59.7 Å². The third-order valence-corrected chi connectivity index (χ3v) is 3.31. The quantitative estimate of drug-likeness (QED) is 0.611. The molecule has 2 aromatic rings. The minimum absolute atomic E-state index is 0.130. The van der Waals surface area contributed by atoms with Crippen LogP contribution in [-0.2, 0) is 5.41 Å². The summed E-state index contributed by atoms with van der Waals surface area (Å²) in [4.78, 5) is 12.6. The van der Waals surface area contributed by atoms with Crippen LogP contribution in [-0.4, -0.2) is 12.6 Å². The zero-order valence-electron chi connectivity index (χ0n) is 13.6. The fraction of sp³-hybridized carbons (Fsp3) is 0.316. The average Bonchev–Trinajstić information content (AvgIpc) is 2.48. The maximum absolute atomic E-state index is 12.6.